The summed E-state index contributed by atoms with van der Waals surface area (Å²) in [7, 11) is 0. The Kier molecular flexibility index (Phi) is 16.8. The molecule has 4 nitrogen and oxygen atoms in total. The van der Waals surface area contributed by atoms with Crippen LogP contribution in [0.3, 0.4) is 0 Å². The zero-order valence-electron chi connectivity index (χ0n) is 15.8. The maximum atomic E-state index is 5.89. The van der Waals surface area contributed by atoms with Gasteiger partial charge in [-0.1, -0.05) is 53.4 Å². The van der Waals surface area contributed by atoms with Crippen molar-refractivity contribution in [2.75, 3.05) is 26.6 Å². The Balaban J connectivity index is 4.45. The third kappa shape index (κ3) is 13.3. The second kappa shape index (κ2) is 17.5. The Morgan fingerprint density at radius 3 is 1.87 bits per heavy atom. The first-order valence-corrected chi connectivity index (χ1v) is 9.49. The molecule has 0 fully saturated rings. The van der Waals surface area contributed by atoms with Gasteiger partial charge in [0.2, 0.25) is 0 Å². The van der Waals surface area contributed by atoms with Crippen LogP contribution in [0.25, 0.3) is 0 Å². The molecule has 0 aromatic carbocycles. The number of rotatable bonds is 17. The molecule has 0 aromatic rings. The van der Waals surface area contributed by atoms with Crippen molar-refractivity contribution in [1.29, 1.82) is 0 Å². The predicted molar refractivity (Wildman–Crippen MR) is 95.1 cm³/mol. The van der Waals surface area contributed by atoms with Crippen LogP contribution in [-0.2, 0) is 18.9 Å². The van der Waals surface area contributed by atoms with Gasteiger partial charge < -0.3 is 18.9 Å². The summed E-state index contributed by atoms with van der Waals surface area (Å²) in [4.78, 5) is 0. The van der Waals surface area contributed by atoms with Gasteiger partial charge in [-0.15, -0.1) is 0 Å². The van der Waals surface area contributed by atoms with Crippen LogP contribution < -0.4 is 0 Å². The second-order valence-electron chi connectivity index (χ2n) is 5.74. The molecule has 0 radical (unpaired) electrons. The smallest absolute Gasteiger partial charge is 0.321 e. The molecule has 0 saturated heterocycles. The van der Waals surface area contributed by atoms with E-state index in [9.17, 15) is 0 Å². The van der Waals surface area contributed by atoms with Gasteiger partial charge in [0.1, 0.15) is 0 Å². The fourth-order valence-electron chi connectivity index (χ4n) is 1.92. The van der Waals surface area contributed by atoms with Gasteiger partial charge >= 0.3 is 5.95 Å². The molecule has 23 heavy (non-hydrogen) atoms. The molecule has 0 aromatic heterocycles. The van der Waals surface area contributed by atoms with Crippen LogP contribution in [0.1, 0.15) is 85.5 Å². The SMILES string of the molecule is CCCCCOCO/C(OCCCC)=C(/CCC)OCCCC. The van der Waals surface area contributed by atoms with E-state index in [-0.39, 0.29) is 6.79 Å². The lowest BCUT2D eigenvalue weighted by Crippen LogP contribution is -2.10. The van der Waals surface area contributed by atoms with Crippen LogP contribution in [0.4, 0.5) is 0 Å². The van der Waals surface area contributed by atoms with Gasteiger partial charge in [-0.3, -0.25) is 0 Å². The molecule has 0 unspecified atom stereocenters. The van der Waals surface area contributed by atoms with E-state index in [4.69, 9.17) is 18.9 Å². The summed E-state index contributed by atoms with van der Waals surface area (Å²) < 4.78 is 23.0. The fraction of sp³-hybridized carbons (Fsp3) is 0.895. The minimum absolute atomic E-state index is 0.232. The summed E-state index contributed by atoms with van der Waals surface area (Å²) in [6.45, 7) is 11.0. The maximum absolute atomic E-state index is 5.89. The first-order valence-electron chi connectivity index (χ1n) is 9.49. The Labute approximate surface area is 143 Å². The van der Waals surface area contributed by atoms with Gasteiger partial charge in [0.25, 0.3) is 0 Å². The maximum Gasteiger partial charge on any atom is 0.321 e. The van der Waals surface area contributed by atoms with Crippen molar-refractivity contribution in [3.8, 4) is 0 Å². The number of allylic oxidation sites excluding steroid dienone is 1. The number of unbranched alkanes of at least 4 members (excludes halogenated alkanes) is 4. The highest BCUT2D eigenvalue weighted by Gasteiger charge is 2.12. The van der Waals surface area contributed by atoms with Crippen LogP contribution in [0.5, 0.6) is 0 Å². The standard InChI is InChI=1S/C19H38O4/c1-5-9-12-14-20-17-23-19(22-16-11-7-3)18(13-8-4)21-15-10-6-2/h5-17H2,1-4H3/b19-18-. The van der Waals surface area contributed by atoms with E-state index >= 15 is 0 Å². The van der Waals surface area contributed by atoms with Crippen molar-refractivity contribution in [1.82, 2.24) is 0 Å². The lowest BCUT2D eigenvalue weighted by Gasteiger charge is -2.17. The van der Waals surface area contributed by atoms with Gasteiger partial charge in [-0.25, -0.2) is 0 Å². The molecule has 0 N–H and O–H groups in total. The van der Waals surface area contributed by atoms with E-state index in [2.05, 4.69) is 27.7 Å². The molecule has 0 spiro atoms. The monoisotopic (exact) mass is 330 g/mol. The molecule has 0 amide bonds. The summed E-state index contributed by atoms with van der Waals surface area (Å²) in [5, 5.41) is 0. The lowest BCUT2D eigenvalue weighted by atomic mass is 10.3. The Hall–Kier alpha value is -0.900. The third-order valence-electron chi connectivity index (χ3n) is 3.38. The normalized spacial score (nSPS) is 12.0. The van der Waals surface area contributed by atoms with Crippen molar-refractivity contribution in [3.63, 3.8) is 0 Å². The first-order chi connectivity index (χ1) is 11.3. The van der Waals surface area contributed by atoms with Crippen LogP contribution in [0.2, 0.25) is 0 Å². The van der Waals surface area contributed by atoms with Crippen LogP contribution in [0.15, 0.2) is 11.7 Å². The molecular weight excluding hydrogens is 292 g/mol. The molecule has 138 valence electrons. The van der Waals surface area contributed by atoms with E-state index in [1.807, 2.05) is 0 Å². The number of hydrogen-bond donors (Lipinski definition) is 0. The van der Waals surface area contributed by atoms with Crippen molar-refractivity contribution in [2.24, 2.45) is 0 Å². The van der Waals surface area contributed by atoms with E-state index in [1.165, 1.54) is 12.8 Å². The summed E-state index contributed by atoms with van der Waals surface area (Å²) >= 11 is 0. The highest BCUT2D eigenvalue weighted by atomic mass is 16.7. The zero-order chi connectivity index (χ0) is 17.2. The minimum atomic E-state index is 0.232. The Morgan fingerprint density at radius 2 is 1.26 bits per heavy atom. The largest absolute Gasteiger partial charge is 0.491 e. The molecule has 0 aliphatic heterocycles. The molecule has 0 rings (SSSR count). The highest BCUT2D eigenvalue weighted by molar-refractivity contribution is 4.95. The van der Waals surface area contributed by atoms with Gasteiger partial charge in [-0.2, -0.15) is 0 Å². The molecule has 0 aliphatic rings. The van der Waals surface area contributed by atoms with Crippen molar-refractivity contribution in [3.05, 3.63) is 11.7 Å². The molecule has 0 aliphatic carbocycles. The average Bonchev–Trinajstić information content (AvgIpc) is 2.56. The second-order valence-corrected chi connectivity index (χ2v) is 5.74. The summed E-state index contributed by atoms with van der Waals surface area (Å²) in [6, 6.07) is 0. The fourth-order valence-corrected chi connectivity index (χ4v) is 1.92. The van der Waals surface area contributed by atoms with E-state index in [1.54, 1.807) is 0 Å². The number of ether oxygens (including phenoxy) is 4. The molecule has 0 saturated carbocycles. The first kappa shape index (κ1) is 22.1. The molecular formula is C19H38O4. The minimum Gasteiger partial charge on any atom is -0.491 e. The van der Waals surface area contributed by atoms with Crippen LogP contribution >= 0.6 is 0 Å². The van der Waals surface area contributed by atoms with Crippen LogP contribution in [-0.4, -0.2) is 26.6 Å². The predicted octanol–water partition coefficient (Wildman–Crippen LogP) is 5.77. The average molecular weight is 331 g/mol. The van der Waals surface area contributed by atoms with Crippen LogP contribution in [0, 0.1) is 0 Å². The van der Waals surface area contributed by atoms with Gasteiger partial charge in [0, 0.05) is 6.42 Å². The summed E-state index contributed by atoms with van der Waals surface area (Å²) in [5.74, 6) is 1.35. The van der Waals surface area contributed by atoms with E-state index in [0.717, 1.165) is 57.3 Å². The third-order valence-corrected chi connectivity index (χ3v) is 3.38. The zero-order valence-corrected chi connectivity index (χ0v) is 15.8. The molecule has 4 heteroatoms. The van der Waals surface area contributed by atoms with Gasteiger partial charge in [0.05, 0.1) is 19.8 Å². The Bertz CT molecular complexity index is 277. The van der Waals surface area contributed by atoms with Crippen molar-refractivity contribution in [2.45, 2.75) is 85.5 Å². The van der Waals surface area contributed by atoms with Gasteiger partial charge in [-0.05, 0) is 25.7 Å². The van der Waals surface area contributed by atoms with Gasteiger partial charge in [0.15, 0.2) is 12.6 Å². The van der Waals surface area contributed by atoms with E-state index in [0.29, 0.717) is 19.2 Å². The van der Waals surface area contributed by atoms with Crippen molar-refractivity contribution < 1.29 is 18.9 Å². The lowest BCUT2D eigenvalue weighted by molar-refractivity contribution is -0.0844. The quantitative estimate of drug-likeness (QED) is 0.193. The highest BCUT2D eigenvalue weighted by Crippen LogP contribution is 2.17. The summed E-state index contributed by atoms with van der Waals surface area (Å²) in [5.41, 5.74) is 0. The molecule has 0 atom stereocenters. The Morgan fingerprint density at radius 1 is 0.609 bits per heavy atom. The molecule has 0 heterocycles. The molecule has 0 bridgehead atoms. The summed E-state index contributed by atoms with van der Waals surface area (Å²) in [6.07, 6.45) is 9.57. The topological polar surface area (TPSA) is 36.9 Å². The van der Waals surface area contributed by atoms with E-state index < -0.39 is 0 Å². The number of hydrogen-bond acceptors (Lipinski definition) is 4. The van der Waals surface area contributed by atoms with Crippen molar-refractivity contribution >= 4 is 0 Å².